The van der Waals surface area contributed by atoms with Gasteiger partial charge in [0.25, 0.3) is 0 Å². The Morgan fingerprint density at radius 3 is 1.70 bits per heavy atom. The fourth-order valence-electron chi connectivity index (χ4n) is 4.78. The second kappa shape index (κ2) is 27.6. The monoisotopic (exact) mass is 603 g/mol. The van der Waals surface area contributed by atoms with E-state index in [1.807, 2.05) is 13.8 Å². The summed E-state index contributed by atoms with van der Waals surface area (Å²) in [5.74, 6) is 1.13. The van der Waals surface area contributed by atoms with Gasteiger partial charge in [-0.25, -0.2) is 0 Å². The summed E-state index contributed by atoms with van der Waals surface area (Å²) in [4.78, 5) is 4.84. The fraction of sp³-hybridized carbons (Fsp3) is 0.571. The number of nitrogens with zero attached hydrogens (tertiary/aromatic N) is 2. The third-order valence-corrected chi connectivity index (χ3v) is 7.97. The first-order valence-corrected chi connectivity index (χ1v) is 17.5. The fourth-order valence-corrected chi connectivity index (χ4v) is 4.78. The van der Waals surface area contributed by atoms with Crippen LogP contribution in [0.2, 0.25) is 0 Å². The molecule has 0 radical (unpaired) electrons. The van der Waals surface area contributed by atoms with Crippen molar-refractivity contribution in [3.8, 4) is 12.8 Å². The third-order valence-electron chi connectivity index (χ3n) is 7.97. The molecule has 2 nitrogen and oxygen atoms in total. The van der Waals surface area contributed by atoms with E-state index in [9.17, 15) is 0 Å². The lowest BCUT2D eigenvalue weighted by Gasteiger charge is -2.31. The van der Waals surface area contributed by atoms with E-state index in [1.54, 1.807) is 0 Å². The quantitative estimate of drug-likeness (QED) is 0.263. The Morgan fingerprint density at radius 2 is 1.36 bits per heavy atom. The number of rotatable bonds is 9. The highest BCUT2D eigenvalue weighted by atomic mass is 15.2. The highest BCUT2D eigenvalue weighted by Crippen LogP contribution is 2.31. The van der Waals surface area contributed by atoms with Gasteiger partial charge >= 0.3 is 0 Å². The molecule has 1 aliphatic heterocycles. The van der Waals surface area contributed by atoms with Crippen molar-refractivity contribution in [1.82, 2.24) is 9.80 Å². The first-order chi connectivity index (χ1) is 21.2. The van der Waals surface area contributed by atoms with Crippen LogP contribution >= 0.6 is 0 Å². The molecular weight excluding hydrogens is 532 g/mol. The van der Waals surface area contributed by atoms with Gasteiger partial charge in [0.2, 0.25) is 0 Å². The van der Waals surface area contributed by atoms with E-state index in [4.69, 9.17) is 0 Å². The zero-order chi connectivity index (χ0) is 33.9. The minimum atomic E-state index is 0.650. The topological polar surface area (TPSA) is 6.48 Å². The average molecular weight is 603 g/mol. The third kappa shape index (κ3) is 20.1. The molecule has 44 heavy (non-hydrogen) atoms. The number of terminal acetylenes is 1. The minimum absolute atomic E-state index is 0.650. The van der Waals surface area contributed by atoms with Crippen LogP contribution in [0.4, 0.5) is 0 Å². The number of likely N-dealkylation sites (tertiary alicyclic amines) is 1. The molecule has 2 aromatic rings. The number of piperidine rings is 1. The van der Waals surface area contributed by atoms with E-state index >= 15 is 0 Å². The van der Waals surface area contributed by atoms with Gasteiger partial charge in [-0.05, 0) is 77.7 Å². The van der Waals surface area contributed by atoms with Gasteiger partial charge in [-0.3, -0.25) is 0 Å². The molecule has 1 heterocycles. The summed E-state index contributed by atoms with van der Waals surface area (Å²) in [6.07, 6.45) is 19.9. The maximum absolute atomic E-state index is 4.20. The van der Waals surface area contributed by atoms with Crippen LogP contribution in [0, 0.1) is 39.5 Å². The van der Waals surface area contributed by atoms with Gasteiger partial charge in [-0.1, -0.05) is 139 Å². The van der Waals surface area contributed by atoms with Crippen LogP contribution in [0.15, 0.2) is 67.4 Å². The molecule has 2 aliphatic rings. The van der Waals surface area contributed by atoms with Gasteiger partial charge in [0.1, 0.15) is 0 Å². The Hall–Kier alpha value is -2.92. The lowest BCUT2D eigenvalue weighted by molar-refractivity contribution is 0.256. The second-order valence-corrected chi connectivity index (χ2v) is 11.7. The molecule has 1 unspecified atom stereocenters. The summed E-state index contributed by atoms with van der Waals surface area (Å²) in [6, 6.07) is 17.8. The first-order valence-electron chi connectivity index (χ1n) is 17.5. The zero-order valence-corrected chi connectivity index (χ0v) is 30.7. The predicted molar refractivity (Wildman–Crippen MR) is 202 cm³/mol. The zero-order valence-electron chi connectivity index (χ0n) is 30.7. The molecule has 0 aromatic heterocycles. The smallest absolute Gasteiger partial charge is 0.0366 e. The summed E-state index contributed by atoms with van der Waals surface area (Å²) < 4.78 is 0. The number of allylic oxidation sites excluding steroid dienone is 1. The Labute approximate surface area is 276 Å². The summed E-state index contributed by atoms with van der Waals surface area (Å²) in [7, 11) is 0. The van der Waals surface area contributed by atoms with Gasteiger partial charge in [0.15, 0.2) is 0 Å². The number of hydrogen-bond acceptors (Lipinski definition) is 2. The van der Waals surface area contributed by atoms with E-state index in [1.165, 1.54) is 98.1 Å². The average Bonchev–Trinajstić information content (AvgIpc) is 3.91. The van der Waals surface area contributed by atoms with E-state index in [2.05, 4.69) is 140 Å². The minimum Gasteiger partial charge on any atom is -0.373 e. The SMILES string of the molecule is C#C.C=C(CC)N(CCC)C(C)CC.C=C(c1ccc(C)cc1)N1CCCCC1.CC.CCC1CC1.Cc1cccc(C)c1. The van der Waals surface area contributed by atoms with E-state index in [0.29, 0.717) is 6.04 Å². The Kier molecular flexibility index (Phi) is 27.1. The summed E-state index contributed by atoms with van der Waals surface area (Å²) in [6.45, 7) is 33.3. The highest BCUT2D eigenvalue weighted by Gasteiger charge is 2.17. The van der Waals surface area contributed by atoms with Crippen LogP contribution in [0.25, 0.3) is 5.70 Å². The van der Waals surface area contributed by atoms with E-state index < -0.39 is 0 Å². The summed E-state index contributed by atoms with van der Waals surface area (Å²) in [5, 5.41) is 0. The molecule has 2 heteroatoms. The molecule has 1 aliphatic carbocycles. The molecule has 248 valence electrons. The second-order valence-electron chi connectivity index (χ2n) is 11.7. The maximum atomic E-state index is 4.20. The van der Waals surface area contributed by atoms with Crippen LogP contribution in [-0.2, 0) is 0 Å². The lowest BCUT2D eigenvalue weighted by atomic mass is 10.1. The van der Waals surface area contributed by atoms with Crippen LogP contribution in [0.5, 0.6) is 0 Å². The van der Waals surface area contributed by atoms with Crippen molar-refractivity contribution in [3.05, 3.63) is 89.6 Å². The molecule has 2 fully saturated rings. The molecule has 1 saturated heterocycles. The molecule has 1 saturated carbocycles. The van der Waals surface area contributed by atoms with Crippen LogP contribution < -0.4 is 0 Å². The number of benzene rings is 2. The molecule has 0 N–H and O–H groups in total. The van der Waals surface area contributed by atoms with Gasteiger partial charge < -0.3 is 9.80 Å². The molecule has 2 aromatic carbocycles. The maximum Gasteiger partial charge on any atom is 0.0366 e. The first kappa shape index (κ1) is 43.2. The largest absolute Gasteiger partial charge is 0.373 e. The van der Waals surface area contributed by atoms with Gasteiger partial charge in [0.05, 0.1) is 0 Å². The van der Waals surface area contributed by atoms with Crippen LogP contribution in [-0.4, -0.2) is 35.5 Å². The van der Waals surface area contributed by atoms with Crippen molar-refractivity contribution in [2.75, 3.05) is 19.6 Å². The molecule has 4 rings (SSSR count). The standard InChI is InChI=1S/C14H19N.C11H23N.C8H10.C5H10.C2H6.C2H2/c1-12-6-8-14(9-7-12)13(2)15-10-4-3-5-11-15;1-6-9-12(10(4)7-2)11(5)8-3;1-7-4-3-5-8(2)6-7;1-2-5-3-4-5;2*1-2/h6-9H,2-5,10-11H2,1H3;11H,4,6-9H2,1-3,5H3;3-6H,1-2H3;5H,2-4H2,1H3;1-2H3;1-2H. The Bertz CT molecular complexity index is 973. The number of aryl methyl sites for hydroxylation is 3. The molecular formula is C42H70N2. The highest BCUT2D eigenvalue weighted by molar-refractivity contribution is 5.62. The summed E-state index contributed by atoms with van der Waals surface area (Å²) in [5.41, 5.74) is 7.73. The lowest BCUT2D eigenvalue weighted by Crippen LogP contribution is -2.31. The van der Waals surface area contributed by atoms with E-state index in [0.717, 1.165) is 18.9 Å². The van der Waals surface area contributed by atoms with Crippen molar-refractivity contribution in [2.45, 2.75) is 133 Å². The van der Waals surface area contributed by atoms with Crippen molar-refractivity contribution < 1.29 is 0 Å². The van der Waals surface area contributed by atoms with Crippen molar-refractivity contribution in [2.24, 2.45) is 5.92 Å². The molecule has 0 amide bonds. The van der Waals surface area contributed by atoms with Crippen molar-refractivity contribution >= 4 is 5.70 Å². The Balaban J connectivity index is 0. The van der Waals surface area contributed by atoms with Crippen LogP contribution in [0.1, 0.15) is 129 Å². The normalized spacial score (nSPS) is 13.6. The van der Waals surface area contributed by atoms with Gasteiger partial charge in [-0.15, -0.1) is 12.8 Å². The number of hydrogen-bond donors (Lipinski definition) is 0. The molecule has 1 atom stereocenters. The Morgan fingerprint density at radius 1 is 0.841 bits per heavy atom. The summed E-state index contributed by atoms with van der Waals surface area (Å²) >= 11 is 0. The van der Waals surface area contributed by atoms with Gasteiger partial charge in [0, 0.05) is 37.1 Å². The van der Waals surface area contributed by atoms with Crippen molar-refractivity contribution in [3.63, 3.8) is 0 Å². The molecule has 0 spiro atoms. The van der Waals surface area contributed by atoms with E-state index in [-0.39, 0.29) is 0 Å². The predicted octanol–water partition coefficient (Wildman–Crippen LogP) is 12.3. The molecule has 0 bridgehead atoms. The van der Waals surface area contributed by atoms with Crippen molar-refractivity contribution in [1.29, 1.82) is 0 Å². The van der Waals surface area contributed by atoms with Gasteiger partial charge in [-0.2, -0.15) is 0 Å². The van der Waals surface area contributed by atoms with Crippen LogP contribution in [0.3, 0.4) is 0 Å².